The number of halogens is 7. The van der Waals surface area contributed by atoms with E-state index in [1.165, 1.54) is 30.0 Å². The number of H-pyrrole nitrogens is 1. The number of methoxy groups -OCH3 is 1. The van der Waals surface area contributed by atoms with Crippen molar-refractivity contribution in [2.45, 2.75) is 44.4 Å². The third-order valence-electron chi connectivity index (χ3n) is 6.18. The van der Waals surface area contributed by atoms with Gasteiger partial charge in [0.05, 0.1) is 41.0 Å². The Kier molecular flexibility index (Phi) is 8.15. The number of hydrogen-bond donors (Lipinski definition) is 2. The smallest absolute Gasteiger partial charge is 0.381 e. The number of aromatic amines is 1. The van der Waals surface area contributed by atoms with Crippen LogP contribution < -0.4 is 16.4 Å². The number of pyridine rings is 1. The number of hydrogen-bond acceptors (Lipinski definition) is 7. The summed E-state index contributed by atoms with van der Waals surface area (Å²) in [5, 5.41) is 7.99. The molecule has 0 aliphatic rings. The second kappa shape index (κ2) is 11.3. The van der Waals surface area contributed by atoms with Gasteiger partial charge in [-0.25, -0.2) is 19.5 Å². The summed E-state index contributed by atoms with van der Waals surface area (Å²) in [4.78, 5) is 32.0. The van der Waals surface area contributed by atoms with E-state index >= 15 is 0 Å². The number of nitrogens with one attached hydrogen (secondary N) is 2. The Morgan fingerprint density at radius 3 is 2.34 bits per heavy atom. The molecule has 218 valence electrons. The van der Waals surface area contributed by atoms with Gasteiger partial charge >= 0.3 is 12.4 Å². The van der Waals surface area contributed by atoms with Crippen molar-refractivity contribution in [2.75, 3.05) is 12.4 Å². The fourth-order valence-electron chi connectivity index (χ4n) is 4.21. The van der Waals surface area contributed by atoms with Gasteiger partial charge in [0.1, 0.15) is 11.4 Å². The van der Waals surface area contributed by atoms with Crippen molar-refractivity contribution in [1.29, 1.82) is 0 Å². The Morgan fingerprint density at radius 1 is 1.05 bits per heavy atom. The number of alkyl halides is 6. The molecule has 2 N–H and O–H groups in total. The van der Waals surface area contributed by atoms with Crippen molar-refractivity contribution >= 4 is 16.5 Å². The summed E-state index contributed by atoms with van der Waals surface area (Å²) in [6, 6.07) is 2.99. The minimum atomic E-state index is -4.93. The quantitative estimate of drug-likeness (QED) is 0.290. The van der Waals surface area contributed by atoms with Crippen LogP contribution in [0.25, 0.3) is 22.2 Å². The lowest BCUT2D eigenvalue weighted by Crippen LogP contribution is -2.33. The van der Waals surface area contributed by atoms with Crippen molar-refractivity contribution in [3.8, 4) is 11.4 Å². The van der Waals surface area contributed by atoms with Gasteiger partial charge < -0.3 is 14.6 Å². The molecule has 0 aliphatic carbocycles. The number of ether oxygens (including phenoxy) is 1. The van der Waals surface area contributed by atoms with Crippen LogP contribution in [-0.2, 0) is 23.6 Å². The summed E-state index contributed by atoms with van der Waals surface area (Å²) in [5.74, 6) is -1.23. The Labute approximate surface area is 226 Å². The van der Waals surface area contributed by atoms with Crippen LogP contribution in [0.2, 0.25) is 0 Å². The molecular weight excluding hydrogens is 565 g/mol. The first-order valence-corrected chi connectivity index (χ1v) is 11.9. The number of nitrogens with zero attached hydrogens (tertiary/aromatic N) is 4. The predicted molar refractivity (Wildman–Crippen MR) is 133 cm³/mol. The second-order valence-corrected chi connectivity index (χ2v) is 9.11. The van der Waals surface area contributed by atoms with E-state index in [0.29, 0.717) is 12.4 Å². The average molecular weight is 586 g/mol. The maximum absolute atomic E-state index is 14.9. The highest BCUT2D eigenvalue weighted by molar-refractivity contribution is 5.86. The molecule has 0 aliphatic heterocycles. The largest absolute Gasteiger partial charge is 0.423 e. The minimum Gasteiger partial charge on any atom is -0.381 e. The van der Waals surface area contributed by atoms with E-state index in [1.807, 2.05) is 0 Å². The molecule has 1 aromatic carbocycles. The zero-order valence-electron chi connectivity index (χ0n) is 21.3. The number of fused-ring (bicyclic) bond motifs is 1. The van der Waals surface area contributed by atoms with Crippen molar-refractivity contribution in [2.24, 2.45) is 0 Å². The molecule has 9 nitrogen and oxygen atoms in total. The highest BCUT2D eigenvalue weighted by atomic mass is 19.4. The van der Waals surface area contributed by atoms with Crippen LogP contribution in [-0.4, -0.2) is 44.0 Å². The Balaban J connectivity index is 1.54. The lowest BCUT2D eigenvalue weighted by molar-refractivity contribution is -0.139. The molecular formula is C25H21F7N6O3. The Morgan fingerprint density at radius 2 is 1.73 bits per heavy atom. The van der Waals surface area contributed by atoms with Crippen LogP contribution in [0, 0.1) is 5.82 Å². The zero-order valence-corrected chi connectivity index (χ0v) is 21.3. The molecule has 0 saturated heterocycles. The monoisotopic (exact) mass is 586 g/mol. The molecule has 0 amide bonds. The highest BCUT2D eigenvalue weighted by Gasteiger charge is 2.37. The van der Waals surface area contributed by atoms with Crippen LogP contribution >= 0.6 is 0 Å². The molecule has 0 spiro atoms. The van der Waals surface area contributed by atoms with Gasteiger partial charge in [0.25, 0.3) is 11.1 Å². The number of rotatable bonds is 8. The van der Waals surface area contributed by atoms with Crippen molar-refractivity contribution in [3.63, 3.8) is 0 Å². The second-order valence-electron chi connectivity index (χ2n) is 9.11. The van der Waals surface area contributed by atoms with Crippen molar-refractivity contribution < 1.29 is 35.5 Å². The minimum absolute atomic E-state index is 0.0360. The molecule has 0 fully saturated rings. The summed E-state index contributed by atoms with van der Waals surface area (Å²) in [6.07, 6.45) is -6.89. The van der Waals surface area contributed by atoms with Crippen LogP contribution in [0.1, 0.15) is 24.5 Å². The standard InChI is InChI=1S/C25H21F7N6O3/c1-12(36-19-10-35-37-22(39)20(19)25(30,31)32)5-15(41-2)11-38-4-3-13-6-17(18(26)7-16(13)23(38)40)21-33-8-14(9-34-21)24(27,28)29/h3-4,6-10,12,15H,5,11H2,1-2H3,(H2,36,37,39)/t12-,15+/m1/s1. The van der Waals surface area contributed by atoms with Crippen LogP contribution in [0.15, 0.2) is 52.6 Å². The van der Waals surface area contributed by atoms with E-state index in [2.05, 4.69) is 20.4 Å². The average Bonchev–Trinajstić information content (AvgIpc) is 2.88. The number of anilines is 1. The van der Waals surface area contributed by atoms with Crippen LogP contribution in [0.3, 0.4) is 0 Å². The lowest BCUT2D eigenvalue weighted by atomic mass is 10.1. The molecule has 0 unspecified atom stereocenters. The van der Waals surface area contributed by atoms with E-state index in [1.54, 1.807) is 12.0 Å². The zero-order chi connectivity index (χ0) is 30.1. The maximum atomic E-state index is 14.9. The number of aromatic nitrogens is 5. The molecule has 4 rings (SSSR count). The lowest BCUT2D eigenvalue weighted by Gasteiger charge is -2.23. The SMILES string of the molecule is CO[C@@H](C[C@@H](C)Nc1cn[nH]c(=O)c1C(F)(F)F)Cn1ccc2cc(-c3ncc(C(F)(F)F)cn3)c(F)cc2c1=O. The first-order valence-electron chi connectivity index (χ1n) is 11.9. The molecule has 3 aromatic heterocycles. The molecule has 41 heavy (non-hydrogen) atoms. The molecule has 16 heteroatoms. The van der Waals surface area contributed by atoms with Gasteiger partial charge in [0.2, 0.25) is 0 Å². The molecule has 3 heterocycles. The van der Waals surface area contributed by atoms with Gasteiger partial charge in [0, 0.05) is 31.7 Å². The fourth-order valence-corrected chi connectivity index (χ4v) is 4.21. The normalized spacial score (nSPS) is 13.8. The van der Waals surface area contributed by atoms with Gasteiger partial charge in [-0.1, -0.05) is 0 Å². The highest BCUT2D eigenvalue weighted by Crippen LogP contribution is 2.32. The molecule has 0 saturated carbocycles. The first-order chi connectivity index (χ1) is 19.2. The molecule has 4 aromatic rings. The van der Waals surface area contributed by atoms with Gasteiger partial charge in [-0.2, -0.15) is 31.4 Å². The van der Waals surface area contributed by atoms with E-state index in [4.69, 9.17) is 4.74 Å². The van der Waals surface area contributed by atoms with Crippen LogP contribution in [0.5, 0.6) is 0 Å². The van der Waals surface area contributed by atoms with Gasteiger partial charge in [-0.15, -0.1) is 0 Å². The summed E-state index contributed by atoms with van der Waals surface area (Å²) in [7, 11) is 1.34. The summed E-state index contributed by atoms with van der Waals surface area (Å²) in [5.41, 5.74) is -5.26. The third kappa shape index (κ3) is 6.53. The van der Waals surface area contributed by atoms with E-state index in [0.717, 1.165) is 12.3 Å². The van der Waals surface area contributed by atoms with Gasteiger partial charge in [-0.05, 0) is 36.9 Å². The maximum Gasteiger partial charge on any atom is 0.423 e. The van der Waals surface area contributed by atoms with Crippen LogP contribution in [0.4, 0.5) is 36.4 Å². The molecule has 2 atom stereocenters. The van der Waals surface area contributed by atoms with E-state index in [9.17, 15) is 40.3 Å². The summed E-state index contributed by atoms with van der Waals surface area (Å²) >= 11 is 0. The number of benzene rings is 1. The van der Waals surface area contributed by atoms with Gasteiger partial charge in [-0.3, -0.25) is 9.59 Å². The summed E-state index contributed by atoms with van der Waals surface area (Å²) in [6.45, 7) is 1.50. The predicted octanol–water partition coefficient (Wildman–Crippen LogP) is 4.62. The molecule has 0 bridgehead atoms. The Hall–Kier alpha value is -4.34. The van der Waals surface area contributed by atoms with Crippen molar-refractivity contribution in [3.05, 3.63) is 80.6 Å². The van der Waals surface area contributed by atoms with E-state index < -0.39 is 58.2 Å². The Bertz CT molecular complexity index is 1670. The first kappa shape index (κ1) is 29.6. The molecule has 0 radical (unpaired) electrons. The fraction of sp³-hybridized carbons (Fsp3) is 0.320. The van der Waals surface area contributed by atoms with Gasteiger partial charge in [0.15, 0.2) is 5.82 Å². The van der Waals surface area contributed by atoms with E-state index in [-0.39, 0.29) is 35.1 Å². The third-order valence-corrected chi connectivity index (χ3v) is 6.18. The topological polar surface area (TPSA) is 115 Å². The summed E-state index contributed by atoms with van der Waals surface area (Å²) < 4.78 is 99.9. The van der Waals surface area contributed by atoms with Crippen molar-refractivity contribution in [1.82, 2.24) is 24.7 Å².